The van der Waals surface area contributed by atoms with Gasteiger partial charge in [-0.3, -0.25) is 14.3 Å². The summed E-state index contributed by atoms with van der Waals surface area (Å²) in [5.74, 6) is 1.42. The van der Waals surface area contributed by atoms with Crippen LogP contribution in [0, 0.1) is 6.92 Å². The molecule has 0 aliphatic carbocycles. The molecule has 1 saturated heterocycles. The number of benzene rings is 3. The average molecular weight is 653 g/mol. The van der Waals surface area contributed by atoms with Gasteiger partial charge in [-0.05, 0) is 59.7 Å². The molecule has 2 heterocycles. The topological polar surface area (TPSA) is 110 Å². The first kappa shape index (κ1) is 32.8. The van der Waals surface area contributed by atoms with E-state index in [9.17, 15) is 9.59 Å². The molecule has 0 radical (unpaired) electrons. The number of ether oxygens (including phenoxy) is 4. The van der Waals surface area contributed by atoms with Crippen molar-refractivity contribution in [3.05, 3.63) is 128 Å². The molecule has 0 bridgehead atoms. The summed E-state index contributed by atoms with van der Waals surface area (Å²) in [4.78, 5) is 27.2. The number of aromatic nitrogens is 2. The van der Waals surface area contributed by atoms with Gasteiger partial charge < -0.3 is 28.0 Å². The molecule has 0 amide bonds. The molecule has 1 N–H and O–H groups in total. The molecule has 238 valence electrons. The van der Waals surface area contributed by atoms with Crippen molar-refractivity contribution in [3.63, 3.8) is 0 Å². The minimum atomic E-state index is -2.64. The molecule has 1 fully saturated rings. The van der Waals surface area contributed by atoms with Gasteiger partial charge in [0.05, 0.1) is 26.9 Å². The third kappa shape index (κ3) is 6.99. The van der Waals surface area contributed by atoms with Crippen LogP contribution < -0.4 is 20.7 Å². The summed E-state index contributed by atoms with van der Waals surface area (Å²) in [7, 11) is 4.76. The predicted octanol–water partition coefficient (Wildman–Crippen LogP) is 5.13. The molecule has 1 unspecified atom stereocenters. The highest BCUT2D eigenvalue weighted by atomic mass is 32.5. The van der Waals surface area contributed by atoms with E-state index in [-0.39, 0.29) is 6.61 Å². The zero-order valence-corrected chi connectivity index (χ0v) is 27.5. The molecule has 45 heavy (non-hydrogen) atoms. The van der Waals surface area contributed by atoms with Crippen molar-refractivity contribution >= 4 is 18.3 Å². The van der Waals surface area contributed by atoms with Crippen LogP contribution in [0.1, 0.15) is 34.9 Å². The second kappa shape index (κ2) is 13.8. The number of methoxy groups -OCH3 is 2. The van der Waals surface area contributed by atoms with Gasteiger partial charge in [0.2, 0.25) is 0 Å². The Hall–Kier alpha value is -3.57. The van der Waals surface area contributed by atoms with Gasteiger partial charge in [-0.1, -0.05) is 54.6 Å². The van der Waals surface area contributed by atoms with Crippen LogP contribution in [0.2, 0.25) is 0 Å². The Labute approximate surface area is 267 Å². The lowest BCUT2D eigenvalue weighted by Gasteiger charge is -2.37. The normalized spacial score (nSPS) is 19.6. The maximum atomic E-state index is 12.8. The lowest BCUT2D eigenvalue weighted by Crippen LogP contribution is -2.38. The van der Waals surface area contributed by atoms with Crippen molar-refractivity contribution in [2.24, 2.45) is 0 Å². The van der Waals surface area contributed by atoms with Crippen LogP contribution in [0.25, 0.3) is 0 Å². The van der Waals surface area contributed by atoms with Crippen molar-refractivity contribution in [1.29, 1.82) is 0 Å². The molecule has 12 heteroatoms. The van der Waals surface area contributed by atoms with Gasteiger partial charge in [-0.2, -0.15) is 0 Å². The molecule has 1 aliphatic rings. The molecule has 4 aromatic rings. The quantitative estimate of drug-likeness (QED) is 0.165. The fraction of sp³-hybridized carbons (Fsp3) is 0.333. The van der Waals surface area contributed by atoms with Gasteiger partial charge in [-0.25, -0.2) is 4.79 Å². The van der Waals surface area contributed by atoms with Gasteiger partial charge in [0, 0.05) is 32.0 Å². The number of hydrogen-bond acceptors (Lipinski definition) is 9. The zero-order valence-electron chi connectivity index (χ0n) is 25.8. The largest absolute Gasteiger partial charge is 0.497 e. The van der Waals surface area contributed by atoms with E-state index in [1.807, 2.05) is 78.9 Å². The van der Waals surface area contributed by atoms with E-state index in [1.54, 1.807) is 27.8 Å². The van der Waals surface area contributed by atoms with Gasteiger partial charge in [0.25, 0.3) is 5.56 Å². The van der Waals surface area contributed by atoms with Crippen LogP contribution in [-0.2, 0) is 35.9 Å². The number of nitrogens with one attached hydrogen (secondary N) is 1. The average Bonchev–Trinajstić information content (AvgIpc) is 3.45. The van der Waals surface area contributed by atoms with Crippen LogP contribution >= 0.6 is 6.49 Å². The van der Waals surface area contributed by atoms with Crippen LogP contribution in [0.4, 0.5) is 0 Å². The second-order valence-corrected chi connectivity index (χ2v) is 14.9. The minimum absolute atomic E-state index is 0.0598. The fourth-order valence-corrected chi connectivity index (χ4v) is 6.63. The highest BCUT2D eigenvalue weighted by molar-refractivity contribution is 8.09. The first-order chi connectivity index (χ1) is 21.6. The van der Waals surface area contributed by atoms with Gasteiger partial charge >= 0.3 is 5.69 Å². The summed E-state index contributed by atoms with van der Waals surface area (Å²) in [5.41, 5.74) is 0.872. The lowest BCUT2D eigenvalue weighted by atomic mass is 9.80. The summed E-state index contributed by atoms with van der Waals surface area (Å²) in [6, 6.07) is 25.4. The SMILES string of the molecule is COc1ccc(C(OC[C@H]2O[C@@H](n3cc(C)c(=O)[nH]c3=O)C[C@@H]2OP(C)(=S)OC)(c2ccccc2)c2ccc(OC)cc2)cc1. The van der Waals surface area contributed by atoms with E-state index in [2.05, 4.69) is 4.98 Å². The molecule has 5 rings (SSSR count). The van der Waals surface area contributed by atoms with Crippen molar-refractivity contribution < 1.29 is 28.0 Å². The summed E-state index contributed by atoms with van der Waals surface area (Å²) < 4.78 is 37.6. The zero-order chi connectivity index (χ0) is 32.2. The van der Waals surface area contributed by atoms with Crippen LogP contribution in [-0.4, -0.2) is 56.4 Å². The van der Waals surface area contributed by atoms with E-state index in [4.69, 9.17) is 39.8 Å². The summed E-state index contributed by atoms with van der Waals surface area (Å²) >= 11 is 5.62. The highest BCUT2D eigenvalue weighted by Gasteiger charge is 2.44. The summed E-state index contributed by atoms with van der Waals surface area (Å²) in [6.07, 6.45) is -0.158. The molecule has 1 aromatic heterocycles. The molecule has 1 aliphatic heterocycles. The van der Waals surface area contributed by atoms with E-state index in [0.29, 0.717) is 23.5 Å². The van der Waals surface area contributed by atoms with Gasteiger partial charge in [0.1, 0.15) is 29.4 Å². The van der Waals surface area contributed by atoms with E-state index in [1.165, 1.54) is 17.9 Å². The van der Waals surface area contributed by atoms with E-state index in [0.717, 1.165) is 16.7 Å². The number of hydrogen-bond donors (Lipinski definition) is 1. The molecule has 0 spiro atoms. The van der Waals surface area contributed by atoms with Crippen LogP contribution in [0.15, 0.2) is 94.6 Å². The van der Waals surface area contributed by atoms with E-state index < -0.39 is 41.8 Å². The minimum Gasteiger partial charge on any atom is -0.497 e. The Balaban J connectivity index is 1.59. The third-order valence-electron chi connectivity index (χ3n) is 7.93. The highest BCUT2D eigenvalue weighted by Crippen LogP contribution is 2.49. The Morgan fingerprint density at radius 1 is 0.911 bits per heavy atom. The molecular formula is C33H37N2O8PS. The maximum Gasteiger partial charge on any atom is 0.330 e. The third-order valence-corrected chi connectivity index (χ3v) is 9.96. The Bertz CT molecular complexity index is 1710. The predicted molar refractivity (Wildman–Crippen MR) is 175 cm³/mol. The Kier molecular flexibility index (Phi) is 10.1. The first-order valence-electron chi connectivity index (χ1n) is 14.4. The maximum absolute atomic E-state index is 12.8. The standard InChI is InChI=1S/C33H37N2O8PS/c1-22-20-35(32(37)34-31(22)36)30-19-28(43-44(5,45)40-4)29(42-30)21-41-33(23-9-7-6-8-10-23,24-11-15-26(38-2)16-12-24)25-13-17-27(39-3)18-14-25/h6-18,20,28-30H,19,21H2,1-5H3,(H,34,36,37)/t28-,29+,30+,44?/m0/s1. The number of aromatic amines is 1. The summed E-state index contributed by atoms with van der Waals surface area (Å²) in [5, 5.41) is 0. The van der Waals surface area contributed by atoms with Crippen molar-refractivity contribution in [2.45, 2.75) is 37.4 Å². The van der Waals surface area contributed by atoms with Crippen molar-refractivity contribution in [3.8, 4) is 11.5 Å². The Morgan fingerprint density at radius 2 is 1.47 bits per heavy atom. The smallest absolute Gasteiger partial charge is 0.330 e. The van der Waals surface area contributed by atoms with Crippen LogP contribution in [0.5, 0.6) is 11.5 Å². The fourth-order valence-electron chi connectivity index (χ4n) is 5.50. The van der Waals surface area contributed by atoms with E-state index >= 15 is 0 Å². The number of rotatable bonds is 12. The Morgan fingerprint density at radius 3 is 2.00 bits per heavy atom. The number of nitrogens with zero attached hydrogens (tertiary/aromatic N) is 1. The lowest BCUT2D eigenvalue weighted by molar-refractivity contribution is -0.0916. The molecule has 3 aromatic carbocycles. The summed E-state index contributed by atoms with van der Waals surface area (Å²) in [6.45, 7) is 0.795. The molecule has 0 saturated carbocycles. The van der Waals surface area contributed by atoms with Crippen molar-refractivity contribution in [2.75, 3.05) is 34.6 Å². The van der Waals surface area contributed by atoms with Gasteiger partial charge in [0.15, 0.2) is 6.49 Å². The van der Waals surface area contributed by atoms with Crippen molar-refractivity contribution in [1.82, 2.24) is 9.55 Å². The van der Waals surface area contributed by atoms with Gasteiger partial charge in [-0.15, -0.1) is 0 Å². The number of H-pyrrole nitrogens is 1. The molecular weight excluding hydrogens is 615 g/mol. The first-order valence-corrected chi connectivity index (χ1v) is 17.5. The molecule has 10 nitrogen and oxygen atoms in total. The second-order valence-electron chi connectivity index (χ2n) is 10.8. The molecule has 4 atom stereocenters. The number of aryl methyl sites for hydroxylation is 1. The monoisotopic (exact) mass is 652 g/mol. The van der Waals surface area contributed by atoms with Crippen LogP contribution in [0.3, 0.4) is 0 Å².